The molecule has 8 heavy (non-hydrogen) atoms. The Kier molecular flexibility index (Phi) is 3.53. The molecular formula is C3H4Cl3NO. The number of rotatable bonds is 2. The van der Waals surface area contributed by atoms with Crippen LogP contribution in [0.1, 0.15) is 0 Å². The summed E-state index contributed by atoms with van der Waals surface area (Å²) in [6.07, 6.45) is 0. The van der Waals surface area contributed by atoms with Gasteiger partial charge in [-0.3, -0.25) is 4.79 Å². The molecule has 1 atom stereocenters. The van der Waals surface area contributed by atoms with E-state index in [1.54, 1.807) is 0 Å². The van der Waals surface area contributed by atoms with Gasteiger partial charge >= 0.3 is 0 Å². The van der Waals surface area contributed by atoms with Crippen LogP contribution in [-0.4, -0.2) is 16.1 Å². The molecule has 0 radical (unpaired) electrons. The lowest BCUT2D eigenvalue weighted by atomic mass is 10.5. The van der Waals surface area contributed by atoms with Gasteiger partial charge in [-0.25, -0.2) is 0 Å². The van der Waals surface area contributed by atoms with Crippen molar-refractivity contribution >= 4 is 40.7 Å². The van der Waals surface area contributed by atoms with Crippen LogP contribution in [0.25, 0.3) is 0 Å². The third kappa shape index (κ3) is 2.60. The molecule has 0 aliphatic carbocycles. The number of carbonyl (C=O) groups excluding carboxylic acids is 1. The van der Waals surface area contributed by atoms with E-state index < -0.39 is 16.1 Å². The van der Waals surface area contributed by atoms with Crippen molar-refractivity contribution in [2.45, 2.75) is 10.2 Å². The van der Waals surface area contributed by atoms with E-state index in [1.165, 1.54) is 0 Å². The van der Waals surface area contributed by atoms with Crippen LogP contribution in [0.3, 0.4) is 0 Å². The fraction of sp³-hybridized carbons (Fsp3) is 0.667. The van der Waals surface area contributed by atoms with Crippen LogP contribution in [0.5, 0.6) is 0 Å². The summed E-state index contributed by atoms with van der Waals surface area (Å²) in [5, 5.41) is -0.988. The number of hydrogen-bond acceptors (Lipinski definition) is 1. The monoisotopic (exact) mass is 175 g/mol. The highest BCUT2D eigenvalue weighted by Crippen LogP contribution is 2.12. The van der Waals surface area contributed by atoms with Crippen LogP contribution >= 0.6 is 34.8 Å². The molecule has 1 unspecified atom stereocenters. The second kappa shape index (κ2) is 3.38. The minimum atomic E-state index is -0.988. The second-order valence-electron chi connectivity index (χ2n) is 1.14. The van der Waals surface area contributed by atoms with Gasteiger partial charge in [0.1, 0.15) is 10.2 Å². The largest absolute Gasteiger partial charge is 0.368 e. The van der Waals surface area contributed by atoms with E-state index >= 15 is 0 Å². The molecule has 0 bridgehead atoms. The van der Waals surface area contributed by atoms with E-state index in [0.29, 0.717) is 0 Å². The molecule has 2 nitrogen and oxygen atoms in total. The first-order chi connectivity index (χ1) is 3.55. The van der Waals surface area contributed by atoms with Gasteiger partial charge in [0.05, 0.1) is 0 Å². The van der Waals surface area contributed by atoms with Crippen molar-refractivity contribution in [3.8, 4) is 0 Å². The molecule has 0 aromatic carbocycles. The van der Waals surface area contributed by atoms with Crippen LogP contribution in [0.4, 0.5) is 0 Å². The summed E-state index contributed by atoms with van der Waals surface area (Å²) in [5.74, 6) is -0.707. The summed E-state index contributed by atoms with van der Waals surface area (Å²) >= 11 is 15.5. The van der Waals surface area contributed by atoms with Gasteiger partial charge in [-0.1, -0.05) is 0 Å². The fourth-order valence-corrected chi connectivity index (χ4v) is 0.373. The van der Waals surface area contributed by atoms with Gasteiger partial charge in [0.2, 0.25) is 5.91 Å². The van der Waals surface area contributed by atoms with Gasteiger partial charge in [-0.15, -0.1) is 34.8 Å². The lowest BCUT2D eigenvalue weighted by Crippen LogP contribution is -2.28. The van der Waals surface area contributed by atoms with E-state index in [2.05, 4.69) is 0 Å². The Bertz CT molecular complexity index is 94.5. The molecule has 0 saturated heterocycles. The normalized spacial score (nSPS) is 14.0. The van der Waals surface area contributed by atoms with E-state index in [4.69, 9.17) is 40.5 Å². The second-order valence-corrected chi connectivity index (χ2v) is 2.77. The Morgan fingerprint density at radius 3 is 1.75 bits per heavy atom. The Labute approximate surface area is 61.9 Å². The zero-order valence-corrected chi connectivity index (χ0v) is 6.04. The molecule has 0 spiro atoms. The average molecular weight is 176 g/mol. The first-order valence-corrected chi connectivity index (χ1v) is 3.08. The molecule has 0 heterocycles. The standard InChI is InChI=1S/C3H4Cl3NO/c4-1(2(5)6)3(7)8/h1-2H,(H2,7,8). The molecular weight excluding hydrogens is 172 g/mol. The molecule has 5 heteroatoms. The van der Waals surface area contributed by atoms with Crippen LogP contribution in [0.2, 0.25) is 0 Å². The summed E-state index contributed by atoms with van der Waals surface area (Å²) in [6, 6.07) is 0. The summed E-state index contributed by atoms with van der Waals surface area (Å²) in [6.45, 7) is 0. The van der Waals surface area contributed by atoms with Gasteiger partial charge in [-0.05, 0) is 0 Å². The van der Waals surface area contributed by atoms with Crippen LogP contribution in [0.15, 0.2) is 0 Å². The molecule has 2 N–H and O–H groups in total. The minimum Gasteiger partial charge on any atom is -0.368 e. The van der Waals surface area contributed by atoms with Crippen molar-refractivity contribution in [2.75, 3.05) is 0 Å². The minimum absolute atomic E-state index is 0.707. The number of amides is 1. The maximum atomic E-state index is 10.1. The third-order valence-electron chi connectivity index (χ3n) is 0.493. The number of carbonyl (C=O) groups is 1. The number of nitrogens with two attached hydrogens (primary N) is 1. The molecule has 0 fully saturated rings. The van der Waals surface area contributed by atoms with E-state index in [0.717, 1.165) is 0 Å². The van der Waals surface area contributed by atoms with E-state index in [1.807, 2.05) is 0 Å². The van der Waals surface area contributed by atoms with Crippen molar-refractivity contribution in [1.82, 2.24) is 0 Å². The van der Waals surface area contributed by atoms with Crippen molar-refractivity contribution in [3.63, 3.8) is 0 Å². The maximum absolute atomic E-state index is 10.1. The molecule has 1 amide bonds. The Morgan fingerprint density at radius 1 is 1.38 bits per heavy atom. The van der Waals surface area contributed by atoms with Gasteiger partial charge < -0.3 is 5.73 Å². The van der Waals surface area contributed by atoms with Crippen molar-refractivity contribution < 1.29 is 4.79 Å². The van der Waals surface area contributed by atoms with E-state index in [9.17, 15) is 4.79 Å². The first-order valence-electron chi connectivity index (χ1n) is 1.77. The molecule has 0 aromatic rings. The molecule has 0 saturated carbocycles. The summed E-state index contributed by atoms with van der Waals surface area (Å²) < 4.78 is 0. The Hall–Kier alpha value is 0.340. The molecule has 0 aliphatic rings. The lowest BCUT2D eigenvalue weighted by molar-refractivity contribution is -0.117. The molecule has 0 aliphatic heterocycles. The topological polar surface area (TPSA) is 43.1 Å². The summed E-state index contributed by atoms with van der Waals surface area (Å²) in [7, 11) is 0. The van der Waals surface area contributed by atoms with Gasteiger partial charge in [-0.2, -0.15) is 0 Å². The number of primary amides is 1. The average Bonchev–Trinajstić information content (AvgIpc) is 1.64. The van der Waals surface area contributed by atoms with Gasteiger partial charge in [0, 0.05) is 0 Å². The highest BCUT2D eigenvalue weighted by atomic mass is 35.5. The number of hydrogen-bond donors (Lipinski definition) is 1. The van der Waals surface area contributed by atoms with Crippen molar-refractivity contribution in [2.24, 2.45) is 5.73 Å². The Balaban J connectivity index is 3.64. The number of halogens is 3. The Morgan fingerprint density at radius 2 is 1.75 bits per heavy atom. The van der Waals surface area contributed by atoms with E-state index in [-0.39, 0.29) is 0 Å². The highest BCUT2D eigenvalue weighted by Gasteiger charge is 2.18. The highest BCUT2D eigenvalue weighted by molar-refractivity contribution is 6.51. The van der Waals surface area contributed by atoms with Crippen LogP contribution in [-0.2, 0) is 4.79 Å². The lowest BCUT2D eigenvalue weighted by Gasteiger charge is -2.02. The van der Waals surface area contributed by atoms with Gasteiger partial charge in [0.15, 0.2) is 0 Å². The maximum Gasteiger partial charge on any atom is 0.238 e. The predicted octanol–water partition coefficient (Wildman–Crippen LogP) is 0.883. The molecule has 0 rings (SSSR count). The smallest absolute Gasteiger partial charge is 0.238 e. The summed E-state index contributed by atoms with van der Waals surface area (Å²) in [4.78, 5) is 9.14. The first kappa shape index (κ1) is 8.34. The molecule has 0 aromatic heterocycles. The zero-order valence-electron chi connectivity index (χ0n) is 3.77. The predicted molar refractivity (Wildman–Crippen MR) is 34.3 cm³/mol. The SMILES string of the molecule is NC(=O)C(Cl)C(Cl)Cl. The summed E-state index contributed by atoms with van der Waals surface area (Å²) in [5.41, 5.74) is 4.70. The number of alkyl halides is 3. The van der Waals surface area contributed by atoms with Crippen molar-refractivity contribution in [3.05, 3.63) is 0 Å². The third-order valence-corrected chi connectivity index (χ3v) is 1.72. The van der Waals surface area contributed by atoms with Gasteiger partial charge in [0.25, 0.3) is 0 Å². The molecule has 48 valence electrons. The van der Waals surface area contributed by atoms with Crippen LogP contribution < -0.4 is 5.73 Å². The van der Waals surface area contributed by atoms with Crippen molar-refractivity contribution in [1.29, 1.82) is 0 Å². The van der Waals surface area contributed by atoms with Crippen LogP contribution in [0, 0.1) is 0 Å². The fourth-order valence-electron chi connectivity index (χ4n) is 0.124. The zero-order chi connectivity index (χ0) is 6.73. The quantitative estimate of drug-likeness (QED) is 0.624.